The Balaban J connectivity index is -0.0000000150. The van der Waals surface area contributed by atoms with Crippen molar-refractivity contribution >= 4 is 59.5 Å². The van der Waals surface area contributed by atoms with Crippen molar-refractivity contribution in [1.82, 2.24) is 0 Å². The molecule has 0 aliphatic rings. The molecule has 0 amide bonds. The zero-order chi connectivity index (χ0) is 3.58. The van der Waals surface area contributed by atoms with E-state index in [1.54, 1.807) is 0 Å². The van der Waals surface area contributed by atoms with Gasteiger partial charge in [0.15, 0.2) is 0 Å². The third-order valence-electron chi connectivity index (χ3n) is 0. The topological polar surface area (TPSA) is 37.3 Å². The first-order valence-electron chi connectivity index (χ1n) is 0.928. The molecule has 0 aromatic rings. The molecule has 0 aromatic carbocycles. The quantitative estimate of drug-likeness (QED) is 0.496. The van der Waals surface area contributed by atoms with Crippen LogP contribution in [-0.2, 0) is 22.2 Å². The molecule has 0 rings (SSSR count). The number of halogens is 1. The molecule has 0 aliphatic heterocycles. The zero-order valence-electron chi connectivity index (χ0n) is 3.17. The van der Waals surface area contributed by atoms with E-state index in [1.807, 2.05) is 0 Å². The number of carboxylic acids is 1. The van der Waals surface area contributed by atoms with Crippen LogP contribution in [0.4, 0.5) is 0 Å². The van der Waals surface area contributed by atoms with Crippen molar-refractivity contribution in [2.75, 3.05) is 0 Å². The van der Waals surface area contributed by atoms with Gasteiger partial charge >= 0.3 is 29.6 Å². The first-order chi connectivity index (χ1) is 1.73. The van der Waals surface area contributed by atoms with Crippen LogP contribution < -0.4 is 0 Å². The van der Waals surface area contributed by atoms with Crippen LogP contribution in [0.25, 0.3) is 0 Å². The Labute approximate surface area is 92.5 Å². The Hall–Kier alpha value is 1.73. The summed E-state index contributed by atoms with van der Waals surface area (Å²) in [5.74, 6) is -0.833. The second-order valence-electron chi connectivity index (χ2n) is 0.519. The predicted molar refractivity (Wildman–Crippen MR) is 35.9 cm³/mol. The number of hydrogen-bond acceptors (Lipinski definition) is 1. The van der Waals surface area contributed by atoms with Crippen LogP contribution in [-0.4, -0.2) is 40.6 Å². The van der Waals surface area contributed by atoms with Gasteiger partial charge in [0.05, 0.1) is 0 Å². The molecule has 0 saturated heterocycles. The average molecular weight is 264 g/mol. The molecule has 0 aromatic heterocycles. The van der Waals surface area contributed by atoms with Crippen LogP contribution in [0.1, 0.15) is 6.92 Å². The molecule has 40 valence electrons. The van der Waals surface area contributed by atoms with Gasteiger partial charge in [-0.15, -0.1) is 24.0 Å². The molecule has 0 fully saturated rings. The molecule has 7 heavy (non-hydrogen) atoms. The van der Waals surface area contributed by atoms with Crippen molar-refractivity contribution in [3.8, 4) is 0 Å². The van der Waals surface area contributed by atoms with Crippen molar-refractivity contribution in [1.29, 1.82) is 0 Å². The molecule has 0 atom stereocenters. The molecule has 0 bridgehead atoms. The fourth-order valence-electron chi connectivity index (χ4n) is 0. The van der Waals surface area contributed by atoms with E-state index in [-0.39, 0.29) is 70.9 Å². The predicted octanol–water partition coefficient (Wildman–Crippen LogP) is 0.0579. The summed E-state index contributed by atoms with van der Waals surface area (Å²) in [6.07, 6.45) is 0. The van der Waals surface area contributed by atoms with Crippen molar-refractivity contribution in [3.63, 3.8) is 0 Å². The number of hydrogen-bond donors (Lipinski definition) is 1. The maximum atomic E-state index is 9.00. The van der Waals surface area contributed by atoms with E-state index in [0.29, 0.717) is 0 Å². The van der Waals surface area contributed by atoms with Gasteiger partial charge in [0, 0.05) is 24.3 Å². The number of carboxylic acid groups (broad SMARTS) is 1. The summed E-state index contributed by atoms with van der Waals surface area (Å²) >= 11 is 0. The standard InChI is InChI=1S/C2H4O2.Cr.HI.Na.H/c1-2(3)4;;;;/h1H3,(H,3,4);;1H;;. The SMILES string of the molecule is CC(=O)O.I.[Cr].[NaH]. The first-order valence-corrected chi connectivity index (χ1v) is 0.928. The van der Waals surface area contributed by atoms with Gasteiger partial charge in [-0.05, 0) is 0 Å². The van der Waals surface area contributed by atoms with Gasteiger partial charge in [0.2, 0.25) is 0 Å². The third-order valence-corrected chi connectivity index (χ3v) is 0. The molecule has 2 nitrogen and oxygen atoms in total. The van der Waals surface area contributed by atoms with Crippen molar-refractivity contribution in [2.24, 2.45) is 0 Å². The summed E-state index contributed by atoms with van der Waals surface area (Å²) < 4.78 is 0. The van der Waals surface area contributed by atoms with Gasteiger partial charge in [0.25, 0.3) is 5.97 Å². The molecule has 0 saturated carbocycles. The van der Waals surface area contributed by atoms with Crippen LogP contribution in [0, 0.1) is 0 Å². The third kappa shape index (κ3) is 84.7. The van der Waals surface area contributed by atoms with Gasteiger partial charge in [-0.2, -0.15) is 0 Å². The Kier molecular flexibility index (Phi) is 52.1. The molecule has 0 heterocycles. The van der Waals surface area contributed by atoms with Gasteiger partial charge in [0.1, 0.15) is 0 Å². The second-order valence-corrected chi connectivity index (χ2v) is 0.519. The van der Waals surface area contributed by atoms with Crippen LogP contribution in [0.15, 0.2) is 0 Å². The van der Waals surface area contributed by atoms with Crippen molar-refractivity contribution in [3.05, 3.63) is 0 Å². The van der Waals surface area contributed by atoms with Gasteiger partial charge in [-0.25, -0.2) is 0 Å². The second kappa shape index (κ2) is 15.6. The van der Waals surface area contributed by atoms with Crippen molar-refractivity contribution in [2.45, 2.75) is 6.92 Å². The molecular formula is C2H6CrINaO2. The summed E-state index contributed by atoms with van der Waals surface area (Å²) in [5.41, 5.74) is 0. The number of rotatable bonds is 0. The van der Waals surface area contributed by atoms with E-state index >= 15 is 0 Å². The Morgan fingerprint density at radius 3 is 1.57 bits per heavy atom. The van der Waals surface area contributed by atoms with Gasteiger partial charge in [-0.1, -0.05) is 0 Å². The summed E-state index contributed by atoms with van der Waals surface area (Å²) in [6, 6.07) is 0. The van der Waals surface area contributed by atoms with Gasteiger partial charge in [-0.3, -0.25) is 4.79 Å². The van der Waals surface area contributed by atoms with E-state index in [9.17, 15) is 0 Å². The summed E-state index contributed by atoms with van der Waals surface area (Å²) in [6.45, 7) is 1.08. The fourth-order valence-corrected chi connectivity index (χ4v) is 0. The van der Waals surface area contributed by atoms with Gasteiger partial charge < -0.3 is 5.11 Å². The first kappa shape index (κ1) is 23.3. The van der Waals surface area contributed by atoms with Crippen LogP contribution >= 0.6 is 24.0 Å². The monoisotopic (exact) mass is 264 g/mol. The molecule has 5 heteroatoms. The zero-order valence-corrected chi connectivity index (χ0v) is 6.78. The summed E-state index contributed by atoms with van der Waals surface area (Å²) in [7, 11) is 0. The number of carbonyl (C=O) groups is 1. The molecule has 0 unspecified atom stereocenters. The van der Waals surface area contributed by atoms with E-state index in [0.717, 1.165) is 6.92 Å². The normalized spacial score (nSPS) is 3.57. The molecule has 0 radical (unpaired) electrons. The summed E-state index contributed by atoms with van der Waals surface area (Å²) in [5, 5.41) is 7.42. The molecule has 1 N–H and O–H groups in total. The Morgan fingerprint density at radius 1 is 1.57 bits per heavy atom. The van der Waals surface area contributed by atoms with E-state index < -0.39 is 5.97 Å². The Bertz CT molecular complexity index is 38.7. The van der Waals surface area contributed by atoms with E-state index in [4.69, 9.17) is 9.90 Å². The van der Waals surface area contributed by atoms with E-state index in [2.05, 4.69) is 0 Å². The van der Waals surface area contributed by atoms with Crippen molar-refractivity contribution < 1.29 is 27.3 Å². The minimum absolute atomic E-state index is 0. The molecule has 0 aliphatic carbocycles. The number of aliphatic carboxylic acids is 1. The van der Waals surface area contributed by atoms with Crippen LogP contribution in [0.3, 0.4) is 0 Å². The molecular weight excluding hydrogens is 258 g/mol. The Morgan fingerprint density at radius 2 is 1.57 bits per heavy atom. The maximum absolute atomic E-state index is 9.00. The van der Waals surface area contributed by atoms with E-state index in [1.165, 1.54) is 0 Å². The van der Waals surface area contributed by atoms with Crippen LogP contribution in [0.2, 0.25) is 0 Å². The summed E-state index contributed by atoms with van der Waals surface area (Å²) in [4.78, 5) is 9.00. The van der Waals surface area contributed by atoms with Crippen LogP contribution in [0.5, 0.6) is 0 Å². The molecule has 0 spiro atoms. The minimum atomic E-state index is -0.833. The average Bonchev–Trinajstić information content (AvgIpc) is 0.811. The fraction of sp³-hybridized carbons (Fsp3) is 0.500.